The van der Waals surface area contributed by atoms with Gasteiger partial charge < -0.3 is 10.2 Å². The molecular formula is C16H25N3O. The number of likely N-dealkylation sites (tertiary alicyclic amines) is 1. The van der Waals surface area contributed by atoms with E-state index in [2.05, 4.69) is 24.1 Å². The summed E-state index contributed by atoms with van der Waals surface area (Å²) in [6, 6.07) is 1.95. The molecule has 0 aliphatic carbocycles. The fourth-order valence-electron chi connectivity index (χ4n) is 3.07. The lowest BCUT2D eigenvalue weighted by Crippen LogP contribution is -2.42. The van der Waals surface area contributed by atoms with E-state index < -0.39 is 0 Å². The minimum atomic E-state index is 0.104. The zero-order valence-electron chi connectivity index (χ0n) is 12.9. The Kier molecular flexibility index (Phi) is 4.63. The Morgan fingerprint density at radius 3 is 2.65 bits per heavy atom. The number of rotatable bonds is 3. The van der Waals surface area contributed by atoms with Gasteiger partial charge in [0.05, 0.1) is 11.3 Å². The quantitative estimate of drug-likeness (QED) is 0.922. The van der Waals surface area contributed by atoms with Gasteiger partial charge in [0, 0.05) is 31.5 Å². The molecule has 1 saturated heterocycles. The summed E-state index contributed by atoms with van der Waals surface area (Å²) in [6.07, 6.45) is 2.91. The molecule has 1 fully saturated rings. The number of aromatic nitrogens is 1. The topological polar surface area (TPSA) is 45.2 Å². The maximum Gasteiger partial charge on any atom is 0.257 e. The Labute approximate surface area is 121 Å². The molecule has 0 spiro atoms. The minimum absolute atomic E-state index is 0.104. The van der Waals surface area contributed by atoms with E-state index in [1.165, 1.54) is 6.42 Å². The van der Waals surface area contributed by atoms with Crippen molar-refractivity contribution in [2.24, 2.45) is 11.8 Å². The lowest BCUT2D eigenvalue weighted by Gasteiger charge is -2.35. The van der Waals surface area contributed by atoms with Gasteiger partial charge in [-0.15, -0.1) is 0 Å². The fraction of sp³-hybridized carbons (Fsp3) is 0.625. The maximum atomic E-state index is 12.7. The number of aryl methyl sites for hydroxylation is 1. The Bertz CT molecular complexity index is 477. The molecular weight excluding hydrogens is 250 g/mol. The van der Waals surface area contributed by atoms with Crippen molar-refractivity contribution in [2.45, 2.75) is 34.1 Å². The summed E-state index contributed by atoms with van der Waals surface area (Å²) in [5.41, 5.74) is 2.52. The molecule has 2 rings (SSSR count). The van der Waals surface area contributed by atoms with Gasteiger partial charge in [-0.05, 0) is 38.2 Å². The van der Waals surface area contributed by atoms with Crippen LogP contribution in [-0.4, -0.2) is 35.4 Å². The number of hydrogen-bond donors (Lipinski definition) is 1. The number of hydrogen-bond acceptors (Lipinski definition) is 3. The molecule has 4 nitrogen and oxygen atoms in total. The fourth-order valence-corrected chi connectivity index (χ4v) is 3.07. The molecule has 0 aromatic carbocycles. The molecule has 0 bridgehead atoms. The molecule has 110 valence electrons. The largest absolute Gasteiger partial charge is 0.385 e. The highest BCUT2D eigenvalue weighted by atomic mass is 16.2. The molecule has 1 amide bonds. The molecule has 1 aliphatic heterocycles. The van der Waals surface area contributed by atoms with E-state index in [1.54, 1.807) is 6.20 Å². The van der Waals surface area contributed by atoms with Gasteiger partial charge in [0.2, 0.25) is 0 Å². The predicted molar refractivity (Wildman–Crippen MR) is 82.0 cm³/mol. The van der Waals surface area contributed by atoms with Gasteiger partial charge >= 0.3 is 0 Å². The van der Waals surface area contributed by atoms with Crippen LogP contribution in [0.5, 0.6) is 0 Å². The zero-order valence-corrected chi connectivity index (χ0v) is 12.9. The summed E-state index contributed by atoms with van der Waals surface area (Å²) in [4.78, 5) is 19.0. The van der Waals surface area contributed by atoms with Crippen LogP contribution in [-0.2, 0) is 0 Å². The van der Waals surface area contributed by atoms with Crippen LogP contribution in [0.4, 0.5) is 5.69 Å². The van der Waals surface area contributed by atoms with Gasteiger partial charge in [-0.1, -0.05) is 13.8 Å². The van der Waals surface area contributed by atoms with E-state index in [0.29, 0.717) is 17.4 Å². The molecule has 20 heavy (non-hydrogen) atoms. The van der Waals surface area contributed by atoms with Gasteiger partial charge in [0.1, 0.15) is 0 Å². The first-order valence-electron chi connectivity index (χ1n) is 7.51. The number of piperidine rings is 1. The van der Waals surface area contributed by atoms with Crippen molar-refractivity contribution < 1.29 is 4.79 Å². The molecule has 0 radical (unpaired) electrons. The average molecular weight is 275 g/mol. The Hall–Kier alpha value is -1.58. The van der Waals surface area contributed by atoms with Crippen LogP contribution < -0.4 is 5.32 Å². The third-order valence-electron chi connectivity index (χ3n) is 3.79. The van der Waals surface area contributed by atoms with Crippen molar-refractivity contribution in [1.29, 1.82) is 0 Å². The Balaban J connectivity index is 2.24. The van der Waals surface area contributed by atoms with Gasteiger partial charge in [0.15, 0.2) is 0 Å². The number of carbonyl (C=O) groups is 1. The van der Waals surface area contributed by atoms with E-state index in [1.807, 2.05) is 24.8 Å². The van der Waals surface area contributed by atoms with Crippen LogP contribution in [0.25, 0.3) is 0 Å². The molecule has 2 unspecified atom stereocenters. The Morgan fingerprint density at radius 1 is 1.40 bits per heavy atom. The van der Waals surface area contributed by atoms with Crippen molar-refractivity contribution in [3.05, 3.63) is 23.5 Å². The number of pyridine rings is 1. The number of nitrogens with one attached hydrogen (secondary N) is 1. The monoisotopic (exact) mass is 275 g/mol. The van der Waals surface area contributed by atoms with Crippen molar-refractivity contribution in [3.63, 3.8) is 0 Å². The second-order valence-electron chi connectivity index (χ2n) is 6.06. The summed E-state index contributed by atoms with van der Waals surface area (Å²) < 4.78 is 0. The van der Waals surface area contributed by atoms with Crippen molar-refractivity contribution in [3.8, 4) is 0 Å². The van der Waals surface area contributed by atoms with Crippen LogP contribution >= 0.6 is 0 Å². The van der Waals surface area contributed by atoms with Crippen molar-refractivity contribution in [2.75, 3.05) is 25.0 Å². The van der Waals surface area contributed by atoms with E-state index in [9.17, 15) is 4.79 Å². The zero-order chi connectivity index (χ0) is 14.7. The van der Waals surface area contributed by atoms with Crippen molar-refractivity contribution in [1.82, 2.24) is 9.88 Å². The van der Waals surface area contributed by atoms with Gasteiger partial charge in [-0.2, -0.15) is 0 Å². The first-order chi connectivity index (χ1) is 9.51. The highest BCUT2D eigenvalue weighted by molar-refractivity contribution is 5.99. The van der Waals surface area contributed by atoms with Gasteiger partial charge in [-0.25, -0.2) is 0 Å². The number of anilines is 1. The second kappa shape index (κ2) is 6.25. The standard InChI is InChI=1S/C16H25N3O/c1-5-17-15-7-13(4)18-8-14(15)16(20)19-9-11(2)6-12(3)10-19/h7-8,11-12H,5-6,9-10H2,1-4H3,(H,17,18). The molecule has 1 aliphatic rings. The molecule has 4 heteroatoms. The first kappa shape index (κ1) is 14.8. The highest BCUT2D eigenvalue weighted by Crippen LogP contribution is 2.24. The summed E-state index contributed by atoms with van der Waals surface area (Å²) in [7, 11) is 0. The molecule has 1 N–H and O–H groups in total. The Morgan fingerprint density at radius 2 is 2.05 bits per heavy atom. The van der Waals surface area contributed by atoms with E-state index in [0.717, 1.165) is 31.0 Å². The third kappa shape index (κ3) is 3.30. The third-order valence-corrected chi connectivity index (χ3v) is 3.79. The molecule has 2 heterocycles. The van der Waals surface area contributed by atoms with E-state index in [4.69, 9.17) is 0 Å². The van der Waals surface area contributed by atoms with Crippen LogP contribution in [0.3, 0.4) is 0 Å². The van der Waals surface area contributed by atoms with E-state index in [-0.39, 0.29) is 5.91 Å². The number of amides is 1. The first-order valence-corrected chi connectivity index (χ1v) is 7.51. The smallest absolute Gasteiger partial charge is 0.257 e. The van der Waals surface area contributed by atoms with Gasteiger partial charge in [0.25, 0.3) is 5.91 Å². The summed E-state index contributed by atoms with van der Waals surface area (Å²) >= 11 is 0. The van der Waals surface area contributed by atoms with Crippen LogP contribution in [0.2, 0.25) is 0 Å². The molecule has 1 aromatic heterocycles. The number of nitrogens with zero attached hydrogens (tertiary/aromatic N) is 2. The molecule has 2 atom stereocenters. The molecule has 1 aromatic rings. The summed E-state index contributed by atoms with van der Waals surface area (Å²) in [5, 5.41) is 3.27. The predicted octanol–water partition coefficient (Wildman–Crippen LogP) is 2.94. The van der Waals surface area contributed by atoms with Gasteiger partial charge in [-0.3, -0.25) is 9.78 Å². The van der Waals surface area contributed by atoms with E-state index >= 15 is 0 Å². The summed E-state index contributed by atoms with van der Waals surface area (Å²) in [6.45, 7) is 10.9. The van der Waals surface area contributed by atoms with Crippen LogP contribution in [0.15, 0.2) is 12.3 Å². The maximum absolute atomic E-state index is 12.7. The number of carbonyl (C=O) groups excluding carboxylic acids is 1. The average Bonchev–Trinajstić information content (AvgIpc) is 2.37. The van der Waals surface area contributed by atoms with Crippen LogP contribution in [0.1, 0.15) is 43.2 Å². The lowest BCUT2D eigenvalue weighted by molar-refractivity contribution is 0.0623. The van der Waals surface area contributed by atoms with Crippen molar-refractivity contribution >= 4 is 11.6 Å². The SMILES string of the molecule is CCNc1cc(C)ncc1C(=O)N1CC(C)CC(C)C1. The normalized spacial score (nSPS) is 22.7. The highest BCUT2D eigenvalue weighted by Gasteiger charge is 2.27. The summed E-state index contributed by atoms with van der Waals surface area (Å²) in [5.74, 6) is 1.25. The van der Waals surface area contributed by atoms with Crippen LogP contribution in [0, 0.1) is 18.8 Å². The lowest BCUT2D eigenvalue weighted by atomic mass is 9.91. The molecule has 0 saturated carbocycles. The minimum Gasteiger partial charge on any atom is -0.385 e. The second-order valence-corrected chi connectivity index (χ2v) is 6.06.